The summed E-state index contributed by atoms with van der Waals surface area (Å²) in [6.07, 6.45) is 2.30. The Kier molecular flexibility index (Phi) is 7.80. The molecule has 0 saturated heterocycles. The lowest BCUT2D eigenvalue weighted by Crippen LogP contribution is -2.22. The summed E-state index contributed by atoms with van der Waals surface area (Å²) in [5.41, 5.74) is 4.91. The lowest BCUT2D eigenvalue weighted by molar-refractivity contribution is 0.352. The van der Waals surface area contributed by atoms with E-state index in [1.165, 1.54) is 24.0 Å². The maximum atomic E-state index is 13.8. The van der Waals surface area contributed by atoms with Crippen molar-refractivity contribution in [2.45, 2.75) is 33.9 Å². The highest BCUT2D eigenvalue weighted by molar-refractivity contribution is 7.91. The molecule has 1 heterocycles. The van der Waals surface area contributed by atoms with Gasteiger partial charge in [0.05, 0.1) is 20.4 Å². The van der Waals surface area contributed by atoms with Crippen molar-refractivity contribution in [3.05, 3.63) is 82.9 Å². The molecule has 3 aromatic rings. The normalized spacial score (nSPS) is 14.9. The van der Waals surface area contributed by atoms with Crippen LogP contribution in [0, 0.1) is 0 Å². The van der Waals surface area contributed by atoms with Gasteiger partial charge in [0.2, 0.25) is 19.9 Å². The van der Waals surface area contributed by atoms with Gasteiger partial charge in [-0.3, -0.25) is 0 Å². The molecule has 0 N–H and O–H groups in total. The van der Waals surface area contributed by atoms with Gasteiger partial charge in [-0.05, 0) is 85.0 Å². The number of sulfone groups is 1. The highest BCUT2D eigenvalue weighted by Crippen LogP contribution is 2.34. The van der Waals surface area contributed by atoms with Crippen LogP contribution in [-0.4, -0.2) is 74.4 Å². The van der Waals surface area contributed by atoms with Gasteiger partial charge in [-0.15, -0.1) is 0 Å². The largest absolute Gasteiger partial charge is 0.377 e. The van der Waals surface area contributed by atoms with Crippen molar-refractivity contribution in [3.63, 3.8) is 0 Å². The average molecular weight is 542 g/mol. The third-order valence-electron chi connectivity index (χ3n) is 6.92. The Bertz CT molecular complexity index is 1480. The molecule has 0 amide bonds. The number of likely N-dealkylation sites (N-methyl/N-ethyl adjacent to an activating group) is 1. The molecule has 0 aliphatic carbocycles. The smallest absolute Gasteiger partial charge is 0.242 e. The molecule has 0 unspecified atom stereocenters. The highest BCUT2D eigenvalue weighted by Gasteiger charge is 2.25. The number of rotatable bonds is 7. The van der Waals surface area contributed by atoms with E-state index in [4.69, 9.17) is 0 Å². The van der Waals surface area contributed by atoms with E-state index in [9.17, 15) is 16.8 Å². The number of nitrogens with zero attached hydrogens (tertiary/aromatic N) is 3. The molecular formula is C28H35N3O4S2. The molecule has 0 bridgehead atoms. The molecule has 0 aromatic heterocycles. The van der Waals surface area contributed by atoms with Crippen LogP contribution in [0.1, 0.15) is 22.3 Å². The number of hydrogen-bond donors (Lipinski definition) is 0. The third-order valence-corrected chi connectivity index (χ3v) is 10.6. The van der Waals surface area contributed by atoms with Gasteiger partial charge in [-0.1, -0.05) is 24.3 Å². The van der Waals surface area contributed by atoms with Crippen molar-refractivity contribution in [3.8, 4) is 0 Å². The molecule has 0 fully saturated rings. The topological polar surface area (TPSA) is 78.0 Å². The molecule has 9 heteroatoms. The van der Waals surface area contributed by atoms with Gasteiger partial charge in [-0.25, -0.2) is 21.1 Å². The fourth-order valence-corrected chi connectivity index (χ4v) is 7.02. The van der Waals surface area contributed by atoms with E-state index in [1.54, 1.807) is 36.4 Å². The Hall–Kier alpha value is -2.72. The van der Waals surface area contributed by atoms with Crippen LogP contribution in [0.5, 0.6) is 0 Å². The molecule has 0 radical (unpaired) electrons. The zero-order chi connectivity index (χ0) is 27.0. The van der Waals surface area contributed by atoms with E-state index in [0.29, 0.717) is 17.0 Å². The monoisotopic (exact) mass is 541 g/mol. The Morgan fingerprint density at radius 2 is 1.22 bits per heavy atom. The van der Waals surface area contributed by atoms with E-state index in [0.717, 1.165) is 42.6 Å². The van der Waals surface area contributed by atoms with Crippen LogP contribution in [0.25, 0.3) is 0 Å². The van der Waals surface area contributed by atoms with Gasteiger partial charge in [0, 0.05) is 41.3 Å². The van der Waals surface area contributed by atoms with E-state index in [1.807, 2.05) is 43.3 Å². The summed E-state index contributed by atoms with van der Waals surface area (Å²) in [5.74, 6) is 0. The first kappa shape index (κ1) is 27.3. The van der Waals surface area contributed by atoms with Crippen molar-refractivity contribution in [1.82, 2.24) is 9.21 Å². The second-order valence-corrected chi connectivity index (χ2v) is 14.1. The minimum atomic E-state index is -3.72. The highest BCUT2D eigenvalue weighted by atomic mass is 32.2. The van der Waals surface area contributed by atoms with Gasteiger partial charge < -0.3 is 9.80 Å². The maximum Gasteiger partial charge on any atom is 0.242 e. The van der Waals surface area contributed by atoms with Crippen molar-refractivity contribution in [1.29, 1.82) is 0 Å². The van der Waals surface area contributed by atoms with Crippen molar-refractivity contribution in [2.24, 2.45) is 0 Å². The van der Waals surface area contributed by atoms with Crippen LogP contribution in [0.15, 0.2) is 75.4 Å². The first-order chi connectivity index (χ1) is 17.4. The summed E-state index contributed by atoms with van der Waals surface area (Å²) in [5, 5.41) is 0. The number of hydrogen-bond acceptors (Lipinski definition) is 6. The first-order valence-electron chi connectivity index (χ1n) is 12.3. The summed E-state index contributed by atoms with van der Waals surface area (Å²) in [7, 11) is 1.66. The van der Waals surface area contributed by atoms with Crippen molar-refractivity contribution < 1.29 is 16.8 Å². The molecule has 0 saturated carbocycles. The van der Waals surface area contributed by atoms with E-state index in [-0.39, 0.29) is 9.79 Å². The lowest BCUT2D eigenvalue weighted by Gasteiger charge is -2.21. The molecule has 4 rings (SSSR count). The van der Waals surface area contributed by atoms with E-state index < -0.39 is 19.9 Å². The van der Waals surface area contributed by atoms with Crippen molar-refractivity contribution >= 4 is 25.5 Å². The van der Waals surface area contributed by atoms with E-state index >= 15 is 0 Å². The Labute approximate surface area is 221 Å². The van der Waals surface area contributed by atoms with Gasteiger partial charge >= 0.3 is 0 Å². The average Bonchev–Trinajstić information content (AvgIpc) is 3.04. The molecule has 7 nitrogen and oxygen atoms in total. The van der Waals surface area contributed by atoms with Gasteiger partial charge in [-0.2, -0.15) is 0 Å². The van der Waals surface area contributed by atoms with E-state index in [2.05, 4.69) is 11.9 Å². The number of fused-ring (bicyclic) bond motifs is 1. The molecular weight excluding hydrogens is 506 g/mol. The standard InChI is InChI=1S/C28H35N3O4S2/c1-29(2)27-19-23-14-16-31(5)17-15-24(23)20-28(27)36(32,33)25-10-6-21(7-11-25)18-22-8-12-26(13-9-22)37(34,35)30(3)4/h6-13,19-20H,14-18H2,1-5H3. The van der Waals surface area contributed by atoms with Gasteiger partial charge in [0.1, 0.15) is 0 Å². The molecule has 3 aromatic carbocycles. The molecule has 0 spiro atoms. The first-order valence-corrected chi connectivity index (χ1v) is 15.2. The van der Waals surface area contributed by atoms with Crippen LogP contribution >= 0.6 is 0 Å². The molecule has 1 aliphatic heterocycles. The predicted molar refractivity (Wildman–Crippen MR) is 148 cm³/mol. The van der Waals surface area contributed by atoms with Crippen molar-refractivity contribution in [2.75, 3.05) is 53.2 Å². The summed E-state index contributed by atoms with van der Waals surface area (Å²) in [6.45, 7) is 1.87. The quantitative estimate of drug-likeness (QED) is 0.456. The number of anilines is 1. The Morgan fingerprint density at radius 1 is 0.730 bits per heavy atom. The van der Waals surface area contributed by atoms with Gasteiger partial charge in [0.25, 0.3) is 0 Å². The molecule has 1 aliphatic rings. The number of sulfonamides is 1. The zero-order valence-corrected chi connectivity index (χ0v) is 23.7. The van der Waals surface area contributed by atoms with Crippen LogP contribution in [0.4, 0.5) is 5.69 Å². The Morgan fingerprint density at radius 3 is 1.70 bits per heavy atom. The zero-order valence-electron chi connectivity index (χ0n) is 22.1. The van der Waals surface area contributed by atoms with Crippen LogP contribution in [0.3, 0.4) is 0 Å². The third kappa shape index (κ3) is 5.75. The second kappa shape index (κ2) is 10.6. The molecule has 37 heavy (non-hydrogen) atoms. The minimum absolute atomic E-state index is 0.242. The van der Waals surface area contributed by atoms with Crippen LogP contribution in [-0.2, 0) is 39.1 Å². The molecule has 198 valence electrons. The van der Waals surface area contributed by atoms with Gasteiger partial charge in [0.15, 0.2) is 0 Å². The summed E-state index contributed by atoms with van der Waals surface area (Å²) < 4.78 is 53.3. The maximum absolute atomic E-state index is 13.8. The lowest BCUT2D eigenvalue weighted by atomic mass is 10.0. The second-order valence-electron chi connectivity index (χ2n) is 10.0. The predicted octanol–water partition coefficient (Wildman–Crippen LogP) is 3.46. The number of benzene rings is 3. The summed E-state index contributed by atoms with van der Waals surface area (Å²) in [6, 6.07) is 17.7. The fourth-order valence-electron chi connectivity index (χ4n) is 4.56. The van der Waals surface area contributed by atoms with Crippen LogP contribution in [0.2, 0.25) is 0 Å². The molecule has 0 atom stereocenters. The Balaban J connectivity index is 1.60. The minimum Gasteiger partial charge on any atom is -0.377 e. The van der Waals surface area contributed by atoms with Crippen LogP contribution < -0.4 is 4.90 Å². The summed E-state index contributed by atoms with van der Waals surface area (Å²) >= 11 is 0. The fraction of sp³-hybridized carbons (Fsp3) is 0.357. The summed E-state index contributed by atoms with van der Waals surface area (Å²) in [4.78, 5) is 4.99. The SMILES string of the molecule is CN1CCc2cc(N(C)C)c(S(=O)(=O)c3ccc(Cc4ccc(S(=O)(=O)N(C)C)cc4)cc3)cc2CC1.